The van der Waals surface area contributed by atoms with Crippen molar-refractivity contribution in [1.29, 1.82) is 0 Å². The van der Waals surface area contributed by atoms with E-state index < -0.39 is 6.04 Å². The highest BCUT2D eigenvalue weighted by atomic mass is 16.7. The van der Waals surface area contributed by atoms with E-state index in [1.807, 2.05) is 30.3 Å². The maximum atomic E-state index is 12.7. The molecule has 2 heterocycles. The van der Waals surface area contributed by atoms with Crippen molar-refractivity contribution in [3.8, 4) is 11.5 Å². The number of fused-ring (bicyclic) bond motifs is 1. The highest BCUT2D eigenvalue weighted by Crippen LogP contribution is 2.32. The molecule has 2 unspecified atom stereocenters. The summed E-state index contributed by atoms with van der Waals surface area (Å²) in [5, 5.41) is 6.05. The van der Waals surface area contributed by atoms with Gasteiger partial charge < -0.3 is 19.7 Å². The van der Waals surface area contributed by atoms with Crippen LogP contribution in [0.4, 0.5) is 0 Å². The molecular formula is C21H27N3O4. The molecule has 0 saturated heterocycles. The third-order valence-electron chi connectivity index (χ3n) is 4.71. The van der Waals surface area contributed by atoms with Gasteiger partial charge in [0, 0.05) is 29.6 Å². The molecule has 150 valence electrons. The van der Waals surface area contributed by atoms with Gasteiger partial charge in [-0.05, 0) is 52.3 Å². The van der Waals surface area contributed by atoms with Gasteiger partial charge in [-0.15, -0.1) is 0 Å². The van der Waals surface area contributed by atoms with E-state index in [0.717, 1.165) is 0 Å². The van der Waals surface area contributed by atoms with Gasteiger partial charge in [-0.3, -0.25) is 14.9 Å². The molecule has 2 N–H and O–H groups in total. The number of Topliss-reactive ketones (excluding diaryl/α,β-unsaturated/α-hetero) is 1. The lowest BCUT2D eigenvalue weighted by Gasteiger charge is -2.26. The average molecular weight is 385 g/mol. The number of rotatable bonds is 7. The number of hydrogen-bond acceptors (Lipinski definition) is 6. The summed E-state index contributed by atoms with van der Waals surface area (Å²) in [4.78, 5) is 27.2. The van der Waals surface area contributed by atoms with Crippen LogP contribution in [0.5, 0.6) is 11.5 Å². The molecule has 0 spiro atoms. The summed E-state index contributed by atoms with van der Waals surface area (Å²) in [6, 6.07) is 4.96. The second-order valence-corrected chi connectivity index (χ2v) is 7.30. The fraction of sp³-hybridized carbons (Fsp3) is 0.429. The van der Waals surface area contributed by atoms with Crippen LogP contribution in [0.25, 0.3) is 0 Å². The van der Waals surface area contributed by atoms with Crippen molar-refractivity contribution < 1.29 is 19.1 Å². The van der Waals surface area contributed by atoms with Gasteiger partial charge in [0.05, 0.1) is 12.2 Å². The molecule has 1 aromatic carbocycles. The SMILES string of the molecule is CC(NC(=O)C1=CN(C(C)C)C=CC1)NC(C)C(=O)c1ccc2c(c1)OCO2. The van der Waals surface area contributed by atoms with E-state index in [1.165, 1.54) is 0 Å². The first kappa shape index (κ1) is 19.9. The number of benzene rings is 1. The molecule has 0 aliphatic carbocycles. The quantitative estimate of drug-likeness (QED) is 0.555. The van der Waals surface area contributed by atoms with E-state index in [-0.39, 0.29) is 30.7 Å². The van der Waals surface area contributed by atoms with Gasteiger partial charge in [0.25, 0.3) is 0 Å². The molecule has 2 aliphatic rings. The van der Waals surface area contributed by atoms with Crippen molar-refractivity contribution in [1.82, 2.24) is 15.5 Å². The topological polar surface area (TPSA) is 79.9 Å². The van der Waals surface area contributed by atoms with Gasteiger partial charge in [0.15, 0.2) is 17.3 Å². The Bertz CT molecular complexity index is 816. The zero-order valence-electron chi connectivity index (χ0n) is 16.7. The predicted molar refractivity (Wildman–Crippen MR) is 106 cm³/mol. The number of ketones is 1. The second kappa shape index (κ2) is 8.48. The number of hydrogen-bond donors (Lipinski definition) is 2. The van der Waals surface area contributed by atoms with Gasteiger partial charge in [-0.2, -0.15) is 0 Å². The van der Waals surface area contributed by atoms with Crippen LogP contribution in [0.1, 0.15) is 44.5 Å². The number of allylic oxidation sites excluding steroid dienone is 1. The number of carbonyl (C=O) groups excluding carboxylic acids is 2. The van der Waals surface area contributed by atoms with E-state index >= 15 is 0 Å². The monoisotopic (exact) mass is 385 g/mol. The first-order valence-corrected chi connectivity index (χ1v) is 9.50. The lowest BCUT2D eigenvalue weighted by molar-refractivity contribution is -0.118. The molecule has 0 saturated carbocycles. The maximum Gasteiger partial charge on any atom is 0.250 e. The van der Waals surface area contributed by atoms with Gasteiger partial charge in [-0.25, -0.2) is 0 Å². The first-order valence-electron chi connectivity index (χ1n) is 9.50. The minimum absolute atomic E-state index is 0.0785. The zero-order chi connectivity index (χ0) is 20.3. The molecule has 1 amide bonds. The van der Waals surface area contributed by atoms with Crippen molar-refractivity contribution in [2.45, 2.75) is 52.4 Å². The largest absolute Gasteiger partial charge is 0.454 e. The Morgan fingerprint density at radius 2 is 1.86 bits per heavy atom. The first-order chi connectivity index (χ1) is 13.3. The van der Waals surface area contributed by atoms with Crippen molar-refractivity contribution in [2.75, 3.05) is 6.79 Å². The third-order valence-corrected chi connectivity index (χ3v) is 4.71. The predicted octanol–water partition coefficient (Wildman–Crippen LogP) is 2.55. The second-order valence-electron chi connectivity index (χ2n) is 7.30. The van der Waals surface area contributed by atoms with Gasteiger partial charge in [0.1, 0.15) is 0 Å². The summed E-state index contributed by atoms with van der Waals surface area (Å²) in [5.74, 6) is 0.998. The Hall–Kier alpha value is -2.80. The van der Waals surface area contributed by atoms with Gasteiger partial charge in [-0.1, -0.05) is 6.08 Å². The summed E-state index contributed by atoms with van der Waals surface area (Å²) in [5.41, 5.74) is 1.23. The molecule has 28 heavy (non-hydrogen) atoms. The normalized spacial score (nSPS) is 17.3. The zero-order valence-corrected chi connectivity index (χ0v) is 16.7. The van der Waals surface area contributed by atoms with Crippen LogP contribution in [-0.2, 0) is 4.79 Å². The lowest BCUT2D eigenvalue weighted by atomic mass is 10.0. The molecule has 0 fully saturated rings. The Kier molecular flexibility index (Phi) is 6.04. The summed E-state index contributed by atoms with van der Waals surface area (Å²) in [6.45, 7) is 7.90. The van der Waals surface area contributed by atoms with E-state index in [4.69, 9.17) is 9.47 Å². The van der Waals surface area contributed by atoms with Crippen LogP contribution in [0.15, 0.2) is 42.2 Å². The highest BCUT2D eigenvalue weighted by molar-refractivity contribution is 6.00. The number of carbonyl (C=O) groups is 2. The Labute approximate surface area is 165 Å². The molecule has 1 aromatic rings. The molecular weight excluding hydrogens is 358 g/mol. The highest BCUT2D eigenvalue weighted by Gasteiger charge is 2.22. The summed E-state index contributed by atoms with van der Waals surface area (Å²) in [7, 11) is 0. The molecule has 2 aliphatic heterocycles. The molecule has 7 heteroatoms. The third kappa shape index (κ3) is 4.54. The van der Waals surface area contributed by atoms with Crippen LogP contribution in [-0.4, -0.2) is 41.6 Å². The van der Waals surface area contributed by atoms with Crippen LogP contribution >= 0.6 is 0 Å². The van der Waals surface area contributed by atoms with Gasteiger partial charge in [0.2, 0.25) is 12.7 Å². The Morgan fingerprint density at radius 1 is 1.11 bits per heavy atom. The van der Waals surface area contributed by atoms with E-state index in [9.17, 15) is 9.59 Å². The average Bonchev–Trinajstić information content (AvgIpc) is 3.15. The molecule has 0 bridgehead atoms. The number of amides is 1. The Balaban J connectivity index is 1.56. The Morgan fingerprint density at radius 3 is 2.61 bits per heavy atom. The molecule has 7 nitrogen and oxygen atoms in total. The number of nitrogens with zero attached hydrogens (tertiary/aromatic N) is 1. The van der Waals surface area contributed by atoms with Crippen LogP contribution < -0.4 is 20.1 Å². The van der Waals surface area contributed by atoms with E-state index in [0.29, 0.717) is 29.1 Å². The van der Waals surface area contributed by atoms with Gasteiger partial charge >= 0.3 is 0 Å². The smallest absolute Gasteiger partial charge is 0.250 e. The lowest BCUT2D eigenvalue weighted by Crippen LogP contribution is -2.49. The molecule has 2 atom stereocenters. The van der Waals surface area contributed by atoms with Crippen molar-refractivity contribution >= 4 is 11.7 Å². The van der Waals surface area contributed by atoms with Crippen LogP contribution in [0.3, 0.4) is 0 Å². The fourth-order valence-electron chi connectivity index (χ4n) is 3.13. The molecule has 3 rings (SSSR count). The van der Waals surface area contributed by atoms with E-state index in [1.54, 1.807) is 25.1 Å². The van der Waals surface area contributed by atoms with E-state index in [2.05, 4.69) is 24.5 Å². The molecule has 0 aromatic heterocycles. The maximum absolute atomic E-state index is 12.7. The number of nitrogens with one attached hydrogen (secondary N) is 2. The minimum Gasteiger partial charge on any atom is -0.454 e. The number of ether oxygens (including phenoxy) is 2. The standard InChI is InChI=1S/C21H27N3O4/c1-13(2)24-9-5-6-17(11-24)21(26)23-15(4)22-14(3)20(25)16-7-8-18-19(10-16)28-12-27-18/h5,7-11,13-15,22H,6,12H2,1-4H3,(H,23,26). The molecule has 0 radical (unpaired) electrons. The van der Waals surface area contributed by atoms with Crippen molar-refractivity contribution in [3.05, 3.63) is 47.8 Å². The summed E-state index contributed by atoms with van der Waals surface area (Å²) >= 11 is 0. The fourth-order valence-corrected chi connectivity index (χ4v) is 3.13. The van der Waals surface area contributed by atoms with Crippen molar-refractivity contribution in [2.24, 2.45) is 0 Å². The van der Waals surface area contributed by atoms with Crippen LogP contribution in [0, 0.1) is 0 Å². The van der Waals surface area contributed by atoms with Crippen LogP contribution in [0.2, 0.25) is 0 Å². The van der Waals surface area contributed by atoms with Crippen molar-refractivity contribution in [3.63, 3.8) is 0 Å². The summed E-state index contributed by atoms with van der Waals surface area (Å²) in [6.07, 6.45) is 6.05. The minimum atomic E-state index is -0.469. The summed E-state index contributed by atoms with van der Waals surface area (Å²) < 4.78 is 10.6.